The van der Waals surface area contributed by atoms with E-state index in [9.17, 15) is 15.0 Å². The second-order valence-corrected chi connectivity index (χ2v) is 13.7. The van der Waals surface area contributed by atoms with Crippen LogP contribution in [0.4, 0.5) is 0 Å². The molecule has 0 unspecified atom stereocenters. The molecular formula is C40H82O3. The Morgan fingerprint density at radius 1 is 0.395 bits per heavy atom. The standard InChI is InChI=1S/C20H40O2.C20H42O/c1-3-5-7-9-11-13-15-17-19(20(21)22)18-16-14-12-10-8-6-4-2;1-3-5-7-9-11-13-15-17-20(19-21)18-16-14-12-10-8-6-4-2/h19H,3-18H2,1-2H3,(H,21,22);20-21H,3-19H2,1-2H3. The first-order valence-corrected chi connectivity index (χ1v) is 19.9. The van der Waals surface area contributed by atoms with E-state index < -0.39 is 5.97 Å². The van der Waals surface area contributed by atoms with Crippen LogP contribution in [0.15, 0.2) is 0 Å². The van der Waals surface area contributed by atoms with Gasteiger partial charge in [0.15, 0.2) is 0 Å². The van der Waals surface area contributed by atoms with Gasteiger partial charge in [0.25, 0.3) is 0 Å². The summed E-state index contributed by atoms with van der Waals surface area (Å²) in [5.41, 5.74) is 0. The van der Waals surface area contributed by atoms with Crippen LogP contribution in [0.5, 0.6) is 0 Å². The van der Waals surface area contributed by atoms with E-state index in [1.807, 2.05) is 0 Å². The SMILES string of the molecule is CCCCCCCCCC(CCCCCCCCC)C(=O)O.CCCCCCCCCC(CO)CCCCCCCCC. The largest absolute Gasteiger partial charge is 0.481 e. The molecule has 0 amide bonds. The van der Waals surface area contributed by atoms with Crippen molar-refractivity contribution in [1.82, 2.24) is 0 Å². The lowest BCUT2D eigenvalue weighted by atomic mass is 9.94. The van der Waals surface area contributed by atoms with Crippen LogP contribution in [0.3, 0.4) is 0 Å². The van der Waals surface area contributed by atoms with E-state index in [-0.39, 0.29) is 5.92 Å². The number of aliphatic carboxylic acids is 1. The van der Waals surface area contributed by atoms with Crippen LogP contribution in [-0.2, 0) is 4.79 Å². The molecule has 0 aliphatic carbocycles. The molecule has 0 radical (unpaired) electrons. The minimum absolute atomic E-state index is 0.0914. The molecule has 0 aromatic carbocycles. The van der Waals surface area contributed by atoms with Gasteiger partial charge in [-0.15, -0.1) is 0 Å². The number of unbranched alkanes of at least 4 members (excludes halogenated alkanes) is 24. The smallest absolute Gasteiger partial charge is 0.306 e. The lowest BCUT2D eigenvalue weighted by Gasteiger charge is -2.13. The van der Waals surface area contributed by atoms with E-state index in [0.717, 1.165) is 25.7 Å². The molecule has 2 N–H and O–H groups in total. The zero-order valence-corrected chi connectivity index (χ0v) is 30.3. The molecule has 0 rings (SSSR count). The van der Waals surface area contributed by atoms with E-state index in [4.69, 9.17) is 0 Å². The van der Waals surface area contributed by atoms with Crippen LogP contribution in [0.2, 0.25) is 0 Å². The number of carbonyl (C=O) groups is 1. The molecule has 0 spiro atoms. The van der Waals surface area contributed by atoms with Crippen LogP contribution in [0.1, 0.15) is 233 Å². The minimum Gasteiger partial charge on any atom is -0.481 e. The van der Waals surface area contributed by atoms with Gasteiger partial charge in [-0.1, -0.05) is 207 Å². The highest BCUT2D eigenvalue weighted by molar-refractivity contribution is 5.69. The third-order valence-electron chi connectivity index (χ3n) is 9.35. The summed E-state index contributed by atoms with van der Waals surface area (Å²) in [4.78, 5) is 11.3. The molecule has 3 heteroatoms. The van der Waals surface area contributed by atoms with Gasteiger partial charge in [0.05, 0.1) is 5.92 Å². The topological polar surface area (TPSA) is 57.5 Å². The van der Waals surface area contributed by atoms with E-state index in [1.54, 1.807) is 0 Å². The molecular weight excluding hydrogens is 528 g/mol. The fraction of sp³-hybridized carbons (Fsp3) is 0.975. The number of aliphatic hydroxyl groups is 1. The molecule has 0 aliphatic heterocycles. The van der Waals surface area contributed by atoms with Gasteiger partial charge in [0.2, 0.25) is 0 Å². The number of hydrogen-bond acceptors (Lipinski definition) is 2. The summed E-state index contributed by atoms with van der Waals surface area (Å²) in [6, 6.07) is 0. The molecule has 260 valence electrons. The van der Waals surface area contributed by atoms with Crippen molar-refractivity contribution in [1.29, 1.82) is 0 Å². The van der Waals surface area contributed by atoms with Gasteiger partial charge in [-0.3, -0.25) is 4.79 Å². The lowest BCUT2D eigenvalue weighted by Crippen LogP contribution is -2.13. The van der Waals surface area contributed by atoms with Crippen molar-refractivity contribution in [2.24, 2.45) is 11.8 Å². The predicted octanol–water partition coefficient (Wildman–Crippen LogP) is 13.8. The van der Waals surface area contributed by atoms with Gasteiger partial charge >= 0.3 is 5.97 Å². The maximum absolute atomic E-state index is 11.3. The van der Waals surface area contributed by atoms with Crippen molar-refractivity contribution in [3.8, 4) is 0 Å². The van der Waals surface area contributed by atoms with Crippen molar-refractivity contribution in [3.05, 3.63) is 0 Å². The first-order valence-electron chi connectivity index (χ1n) is 19.9. The van der Waals surface area contributed by atoms with Gasteiger partial charge in [0, 0.05) is 6.61 Å². The van der Waals surface area contributed by atoms with Crippen LogP contribution in [0, 0.1) is 11.8 Å². The monoisotopic (exact) mass is 611 g/mol. The molecule has 0 bridgehead atoms. The van der Waals surface area contributed by atoms with Crippen molar-refractivity contribution in [3.63, 3.8) is 0 Å². The number of aliphatic hydroxyl groups excluding tert-OH is 1. The van der Waals surface area contributed by atoms with Crippen LogP contribution >= 0.6 is 0 Å². The number of hydrogen-bond donors (Lipinski definition) is 2. The van der Waals surface area contributed by atoms with Gasteiger partial charge in [-0.2, -0.15) is 0 Å². The first kappa shape index (κ1) is 44.6. The van der Waals surface area contributed by atoms with Crippen molar-refractivity contribution < 1.29 is 15.0 Å². The van der Waals surface area contributed by atoms with E-state index in [0.29, 0.717) is 12.5 Å². The Balaban J connectivity index is 0. The molecule has 0 saturated carbocycles. The number of rotatable bonds is 34. The molecule has 0 saturated heterocycles. The zero-order chi connectivity index (χ0) is 32.1. The third kappa shape index (κ3) is 37.5. The minimum atomic E-state index is -0.572. The third-order valence-corrected chi connectivity index (χ3v) is 9.35. The lowest BCUT2D eigenvalue weighted by molar-refractivity contribution is -0.142. The molecule has 0 atom stereocenters. The van der Waals surface area contributed by atoms with Crippen molar-refractivity contribution in [2.45, 2.75) is 233 Å². The number of carboxylic acids is 1. The summed E-state index contributed by atoms with van der Waals surface area (Å²) in [5.74, 6) is -0.0838. The summed E-state index contributed by atoms with van der Waals surface area (Å²) in [5, 5.41) is 18.8. The van der Waals surface area contributed by atoms with Gasteiger partial charge in [-0.25, -0.2) is 0 Å². The molecule has 3 nitrogen and oxygen atoms in total. The Labute approximate surface area is 272 Å². The van der Waals surface area contributed by atoms with E-state index in [2.05, 4.69) is 27.7 Å². The summed E-state index contributed by atoms with van der Waals surface area (Å²) < 4.78 is 0. The average molecular weight is 611 g/mol. The fourth-order valence-electron chi connectivity index (χ4n) is 6.19. The molecule has 43 heavy (non-hydrogen) atoms. The van der Waals surface area contributed by atoms with E-state index >= 15 is 0 Å². The summed E-state index contributed by atoms with van der Waals surface area (Å²) in [7, 11) is 0. The maximum atomic E-state index is 11.3. The summed E-state index contributed by atoms with van der Waals surface area (Å²) in [6.45, 7) is 9.43. The second-order valence-electron chi connectivity index (χ2n) is 13.7. The quantitative estimate of drug-likeness (QED) is 0.0712. The Morgan fingerprint density at radius 3 is 0.860 bits per heavy atom. The predicted molar refractivity (Wildman–Crippen MR) is 192 cm³/mol. The summed E-state index contributed by atoms with van der Waals surface area (Å²) >= 11 is 0. The molecule has 0 aromatic heterocycles. The highest BCUT2D eigenvalue weighted by Crippen LogP contribution is 2.21. The molecule has 0 aromatic rings. The average Bonchev–Trinajstić information content (AvgIpc) is 3.01. The van der Waals surface area contributed by atoms with Gasteiger partial charge in [-0.05, 0) is 31.6 Å². The van der Waals surface area contributed by atoms with Crippen LogP contribution < -0.4 is 0 Å². The van der Waals surface area contributed by atoms with Crippen LogP contribution in [0.25, 0.3) is 0 Å². The highest BCUT2D eigenvalue weighted by atomic mass is 16.4. The molecule has 0 heterocycles. The normalized spacial score (nSPS) is 11.3. The Kier molecular flexibility index (Phi) is 40.9. The van der Waals surface area contributed by atoms with Crippen molar-refractivity contribution >= 4 is 5.97 Å². The van der Waals surface area contributed by atoms with Gasteiger partial charge < -0.3 is 10.2 Å². The molecule has 0 fully saturated rings. The Morgan fingerprint density at radius 2 is 0.628 bits per heavy atom. The molecule has 0 aliphatic rings. The van der Waals surface area contributed by atoms with Crippen LogP contribution in [-0.4, -0.2) is 22.8 Å². The first-order chi connectivity index (χ1) is 21.1. The summed E-state index contributed by atoms with van der Waals surface area (Å²) in [6.07, 6.45) is 41.4. The Bertz CT molecular complexity index is 470. The maximum Gasteiger partial charge on any atom is 0.306 e. The van der Waals surface area contributed by atoms with E-state index in [1.165, 1.54) is 180 Å². The fourth-order valence-corrected chi connectivity index (χ4v) is 6.19. The second kappa shape index (κ2) is 39.5. The number of carboxylic acid groups (broad SMARTS) is 1. The zero-order valence-electron chi connectivity index (χ0n) is 30.3. The highest BCUT2D eigenvalue weighted by Gasteiger charge is 2.16. The van der Waals surface area contributed by atoms with Gasteiger partial charge in [0.1, 0.15) is 0 Å². The van der Waals surface area contributed by atoms with Crippen molar-refractivity contribution in [2.75, 3.05) is 6.61 Å². The Hall–Kier alpha value is -0.570.